The van der Waals surface area contributed by atoms with Gasteiger partial charge in [0.05, 0.1) is 5.02 Å². The van der Waals surface area contributed by atoms with Crippen molar-refractivity contribution in [3.8, 4) is 11.5 Å². The minimum atomic E-state index is 0.517. The molecule has 2 N–H and O–H groups in total. The molecule has 2 nitrogen and oxygen atoms in total. The van der Waals surface area contributed by atoms with E-state index in [-0.39, 0.29) is 0 Å². The predicted octanol–water partition coefficient (Wildman–Crippen LogP) is 4.02. The highest BCUT2D eigenvalue weighted by molar-refractivity contribution is 6.32. The van der Waals surface area contributed by atoms with E-state index in [0.717, 1.165) is 11.3 Å². The van der Waals surface area contributed by atoms with Gasteiger partial charge in [0.25, 0.3) is 0 Å². The molecule has 0 amide bonds. The number of hydrogen-bond acceptors (Lipinski definition) is 2. The normalized spacial score (nSPS) is 10.1. The molecule has 0 aliphatic heterocycles. The lowest BCUT2D eigenvalue weighted by atomic mass is 10.2. The number of anilines is 1. The van der Waals surface area contributed by atoms with Gasteiger partial charge in [0.15, 0.2) is 0 Å². The largest absolute Gasteiger partial charge is 0.456 e. The van der Waals surface area contributed by atoms with Gasteiger partial charge in [-0.2, -0.15) is 0 Å². The molecule has 0 radical (unpaired) electrons. The number of hydrogen-bond donors (Lipinski definition) is 1. The van der Waals surface area contributed by atoms with E-state index in [0.29, 0.717) is 16.5 Å². The van der Waals surface area contributed by atoms with E-state index in [1.165, 1.54) is 0 Å². The molecule has 0 fully saturated rings. The fraction of sp³-hybridized carbons (Fsp3) is 0.0769. The van der Waals surface area contributed by atoms with Crippen LogP contribution in [0.3, 0.4) is 0 Å². The molecule has 0 saturated heterocycles. The van der Waals surface area contributed by atoms with E-state index >= 15 is 0 Å². The second-order valence-electron chi connectivity index (χ2n) is 3.56. The fourth-order valence-corrected chi connectivity index (χ4v) is 1.62. The number of para-hydroxylation sites is 1. The van der Waals surface area contributed by atoms with Gasteiger partial charge in [-0.15, -0.1) is 0 Å². The summed E-state index contributed by atoms with van der Waals surface area (Å²) >= 11 is 6.03. The van der Waals surface area contributed by atoms with Gasteiger partial charge in [-0.05, 0) is 36.8 Å². The van der Waals surface area contributed by atoms with E-state index in [2.05, 4.69) is 0 Å². The Hall–Kier alpha value is -1.67. The van der Waals surface area contributed by atoms with Crippen molar-refractivity contribution in [1.29, 1.82) is 0 Å². The summed E-state index contributed by atoms with van der Waals surface area (Å²) in [5.74, 6) is 1.42. The first-order valence-electron chi connectivity index (χ1n) is 4.95. The maximum absolute atomic E-state index is 6.03. The molecular weight excluding hydrogens is 222 g/mol. The van der Waals surface area contributed by atoms with Gasteiger partial charge in [0, 0.05) is 5.69 Å². The first-order chi connectivity index (χ1) is 7.66. The maximum Gasteiger partial charge on any atom is 0.146 e. The molecule has 0 bridgehead atoms. The van der Waals surface area contributed by atoms with Gasteiger partial charge in [0.2, 0.25) is 0 Å². The van der Waals surface area contributed by atoms with Crippen LogP contribution < -0.4 is 10.5 Å². The summed E-state index contributed by atoms with van der Waals surface area (Å²) in [6.07, 6.45) is 0. The minimum absolute atomic E-state index is 0.517. The van der Waals surface area contributed by atoms with Gasteiger partial charge in [0.1, 0.15) is 11.5 Å². The standard InChI is InChI=1S/C13H12ClNO/c1-9-4-2-3-5-12(9)16-13-7-6-10(15)8-11(13)14/h2-8H,15H2,1H3. The third-order valence-corrected chi connectivity index (χ3v) is 2.56. The first kappa shape index (κ1) is 10.8. The number of ether oxygens (including phenoxy) is 1. The van der Waals surface area contributed by atoms with E-state index in [1.807, 2.05) is 31.2 Å². The summed E-state index contributed by atoms with van der Waals surface area (Å²) < 4.78 is 5.71. The van der Waals surface area contributed by atoms with Crippen LogP contribution in [0.2, 0.25) is 5.02 Å². The highest BCUT2D eigenvalue weighted by Crippen LogP contribution is 2.32. The zero-order valence-electron chi connectivity index (χ0n) is 8.91. The third kappa shape index (κ3) is 2.28. The minimum Gasteiger partial charge on any atom is -0.456 e. The van der Waals surface area contributed by atoms with Crippen LogP contribution in [0, 0.1) is 6.92 Å². The molecule has 0 atom stereocenters. The van der Waals surface area contributed by atoms with E-state index < -0.39 is 0 Å². The molecule has 0 heterocycles. The number of nitrogen functional groups attached to an aromatic ring is 1. The SMILES string of the molecule is Cc1ccccc1Oc1ccc(N)cc1Cl. The molecule has 82 valence electrons. The molecule has 0 unspecified atom stereocenters. The van der Waals surface area contributed by atoms with Crippen LogP contribution in [-0.2, 0) is 0 Å². The van der Waals surface area contributed by atoms with E-state index in [1.54, 1.807) is 18.2 Å². The molecule has 16 heavy (non-hydrogen) atoms. The lowest BCUT2D eigenvalue weighted by Crippen LogP contribution is -1.90. The molecule has 0 spiro atoms. The molecule has 3 heteroatoms. The Balaban J connectivity index is 2.31. The third-order valence-electron chi connectivity index (χ3n) is 2.27. The highest BCUT2D eigenvalue weighted by atomic mass is 35.5. The Morgan fingerprint density at radius 3 is 2.50 bits per heavy atom. The average molecular weight is 234 g/mol. The lowest BCUT2D eigenvalue weighted by Gasteiger charge is -2.10. The van der Waals surface area contributed by atoms with Crippen LogP contribution >= 0.6 is 11.6 Å². The Morgan fingerprint density at radius 1 is 1.06 bits per heavy atom. The van der Waals surface area contributed by atoms with Crippen molar-refractivity contribution < 1.29 is 4.74 Å². The van der Waals surface area contributed by atoms with E-state index in [9.17, 15) is 0 Å². The van der Waals surface area contributed by atoms with Crippen molar-refractivity contribution in [2.75, 3.05) is 5.73 Å². The van der Waals surface area contributed by atoms with Crippen molar-refractivity contribution in [2.24, 2.45) is 0 Å². The first-order valence-corrected chi connectivity index (χ1v) is 5.33. The van der Waals surface area contributed by atoms with Crippen LogP contribution in [0.1, 0.15) is 5.56 Å². The van der Waals surface area contributed by atoms with Gasteiger partial charge < -0.3 is 10.5 Å². The Kier molecular flexibility index (Phi) is 3.02. The second kappa shape index (κ2) is 4.45. The summed E-state index contributed by atoms with van der Waals surface area (Å²) in [5, 5.41) is 0.517. The summed E-state index contributed by atoms with van der Waals surface area (Å²) in [7, 11) is 0. The van der Waals surface area contributed by atoms with Gasteiger partial charge in [-0.3, -0.25) is 0 Å². The monoisotopic (exact) mass is 233 g/mol. The number of benzene rings is 2. The maximum atomic E-state index is 6.03. The lowest BCUT2D eigenvalue weighted by molar-refractivity contribution is 0.479. The molecule has 0 aliphatic carbocycles. The van der Waals surface area contributed by atoms with Crippen molar-refractivity contribution in [3.63, 3.8) is 0 Å². The number of rotatable bonds is 2. The smallest absolute Gasteiger partial charge is 0.146 e. The van der Waals surface area contributed by atoms with Gasteiger partial charge in [-0.25, -0.2) is 0 Å². The Bertz CT molecular complexity index is 511. The zero-order chi connectivity index (χ0) is 11.5. The molecular formula is C13H12ClNO. The van der Waals surface area contributed by atoms with Crippen molar-refractivity contribution in [2.45, 2.75) is 6.92 Å². The fourth-order valence-electron chi connectivity index (χ4n) is 1.39. The number of nitrogens with two attached hydrogens (primary N) is 1. The predicted molar refractivity (Wildman–Crippen MR) is 67.1 cm³/mol. The van der Waals surface area contributed by atoms with Gasteiger partial charge >= 0.3 is 0 Å². The molecule has 0 aromatic heterocycles. The summed E-state index contributed by atoms with van der Waals surface area (Å²) in [5.41, 5.74) is 7.30. The van der Waals surface area contributed by atoms with Crippen molar-refractivity contribution in [3.05, 3.63) is 53.1 Å². The topological polar surface area (TPSA) is 35.2 Å². The second-order valence-corrected chi connectivity index (χ2v) is 3.96. The summed E-state index contributed by atoms with van der Waals surface area (Å²) in [4.78, 5) is 0. The van der Waals surface area contributed by atoms with Crippen LogP contribution in [0.5, 0.6) is 11.5 Å². The molecule has 2 rings (SSSR count). The van der Waals surface area contributed by atoms with E-state index in [4.69, 9.17) is 22.1 Å². The summed E-state index contributed by atoms with van der Waals surface area (Å²) in [6.45, 7) is 1.99. The number of aryl methyl sites for hydroxylation is 1. The number of halogens is 1. The molecule has 0 aliphatic rings. The van der Waals surface area contributed by atoms with Gasteiger partial charge in [-0.1, -0.05) is 29.8 Å². The van der Waals surface area contributed by atoms with Crippen LogP contribution in [-0.4, -0.2) is 0 Å². The Morgan fingerprint density at radius 2 is 1.81 bits per heavy atom. The van der Waals surface area contributed by atoms with Crippen molar-refractivity contribution >= 4 is 17.3 Å². The Labute approximate surface area is 99.6 Å². The zero-order valence-corrected chi connectivity index (χ0v) is 9.66. The molecule has 0 saturated carbocycles. The summed E-state index contributed by atoms with van der Waals surface area (Å²) in [6, 6.07) is 13.0. The quantitative estimate of drug-likeness (QED) is 0.795. The average Bonchev–Trinajstić information content (AvgIpc) is 2.25. The van der Waals surface area contributed by atoms with Crippen LogP contribution in [0.4, 0.5) is 5.69 Å². The van der Waals surface area contributed by atoms with Crippen LogP contribution in [0.15, 0.2) is 42.5 Å². The van der Waals surface area contributed by atoms with Crippen molar-refractivity contribution in [1.82, 2.24) is 0 Å². The highest BCUT2D eigenvalue weighted by Gasteiger charge is 2.04. The molecule has 2 aromatic rings. The molecule has 2 aromatic carbocycles. The van der Waals surface area contributed by atoms with Crippen LogP contribution in [0.25, 0.3) is 0 Å².